The average Bonchev–Trinajstić information content (AvgIpc) is 2.52. The highest BCUT2D eigenvalue weighted by atomic mass is 32.1. The van der Waals surface area contributed by atoms with Gasteiger partial charge >= 0.3 is 0 Å². The second-order valence-electron chi connectivity index (χ2n) is 5.71. The molecule has 0 radical (unpaired) electrons. The summed E-state index contributed by atoms with van der Waals surface area (Å²) in [7, 11) is 5.44. The molecule has 122 valence electrons. The first kappa shape index (κ1) is 16.8. The van der Waals surface area contributed by atoms with Gasteiger partial charge in [-0.05, 0) is 44.6 Å². The van der Waals surface area contributed by atoms with Crippen LogP contribution in [0, 0.1) is 5.92 Å². The molecule has 1 heterocycles. The summed E-state index contributed by atoms with van der Waals surface area (Å²) in [5.74, 6) is 2.12. The summed E-state index contributed by atoms with van der Waals surface area (Å²) < 4.78 is 10.5. The van der Waals surface area contributed by atoms with Crippen molar-refractivity contribution in [3.05, 3.63) is 18.2 Å². The number of nitrogens with zero attached hydrogens (tertiary/aromatic N) is 1. The summed E-state index contributed by atoms with van der Waals surface area (Å²) in [5, 5.41) is 7.13. The standard InChI is InChI=1S/C16H25N3O2S/c1-19-6-4-5-12(11-19)10-17-16(22)18-13-7-14(20-2)9-15(8-13)21-3/h7-9,12H,4-6,10-11H2,1-3H3,(H2,17,18,22). The predicted octanol–water partition coefficient (Wildman–Crippen LogP) is 2.33. The Morgan fingerprint density at radius 3 is 2.55 bits per heavy atom. The van der Waals surface area contributed by atoms with E-state index < -0.39 is 0 Å². The van der Waals surface area contributed by atoms with E-state index in [0.717, 1.165) is 30.3 Å². The van der Waals surface area contributed by atoms with Gasteiger partial charge in [-0.2, -0.15) is 0 Å². The summed E-state index contributed by atoms with van der Waals surface area (Å²) in [6, 6.07) is 5.62. The van der Waals surface area contributed by atoms with Crippen molar-refractivity contribution < 1.29 is 9.47 Å². The fourth-order valence-electron chi connectivity index (χ4n) is 2.73. The van der Waals surface area contributed by atoms with E-state index >= 15 is 0 Å². The molecule has 0 aromatic heterocycles. The van der Waals surface area contributed by atoms with Crippen molar-refractivity contribution >= 4 is 23.0 Å². The molecule has 1 atom stereocenters. The number of ether oxygens (including phenoxy) is 2. The highest BCUT2D eigenvalue weighted by molar-refractivity contribution is 7.80. The number of piperidine rings is 1. The fraction of sp³-hybridized carbons (Fsp3) is 0.562. The van der Waals surface area contributed by atoms with Crippen LogP contribution in [0.25, 0.3) is 0 Å². The fourth-order valence-corrected chi connectivity index (χ4v) is 2.93. The molecule has 5 nitrogen and oxygen atoms in total. The van der Waals surface area contributed by atoms with Gasteiger partial charge in [-0.25, -0.2) is 0 Å². The Labute approximate surface area is 138 Å². The van der Waals surface area contributed by atoms with Gasteiger partial charge < -0.3 is 25.0 Å². The van der Waals surface area contributed by atoms with Crippen LogP contribution in [0.3, 0.4) is 0 Å². The molecule has 2 N–H and O–H groups in total. The average molecular weight is 323 g/mol. The maximum absolute atomic E-state index is 5.38. The Hall–Kier alpha value is -1.53. The first-order chi connectivity index (χ1) is 10.6. The van der Waals surface area contributed by atoms with Crippen LogP contribution in [0.2, 0.25) is 0 Å². The van der Waals surface area contributed by atoms with Gasteiger partial charge in [0.2, 0.25) is 0 Å². The van der Waals surface area contributed by atoms with E-state index in [9.17, 15) is 0 Å². The zero-order valence-corrected chi connectivity index (χ0v) is 14.3. The molecule has 1 aliphatic rings. The number of benzene rings is 1. The molecule has 0 spiro atoms. The van der Waals surface area contributed by atoms with Gasteiger partial charge in [-0.15, -0.1) is 0 Å². The van der Waals surface area contributed by atoms with Crippen LogP contribution < -0.4 is 20.1 Å². The van der Waals surface area contributed by atoms with Gasteiger partial charge in [-0.3, -0.25) is 0 Å². The largest absolute Gasteiger partial charge is 0.497 e. The van der Waals surface area contributed by atoms with Crippen molar-refractivity contribution in [3.8, 4) is 11.5 Å². The van der Waals surface area contributed by atoms with Crippen LogP contribution in [0.15, 0.2) is 18.2 Å². The number of methoxy groups -OCH3 is 2. The number of rotatable bonds is 5. The molecule has 0 bridgehead atoms. The van der Waals surface area contributed by atoms with Gasteiger partial charge in [0.05, 0.1) is 14.2 Å². The minimum atomic E-state index is 0.628. The molecule has 1 fully saturated rings. The molecule has 0 saturated carbocycles. The van der Waals surface area contributed by atoms with E-state index in [2.05, 4.69) is 22.6 Å². The van der Waals surface area contributed by atoms with Crippen molar-refractivity contribution in [3.63, 3.8) is 0 Å². The lowest BCUT2D eigenvalue weighted by molar-refractivity contribution is 0.211. The predicted molar refractivity (Wildman–Crippen MR) is 94.0 cm³/mol. The van der Waals surface area contributed by atoms with Gasteiger partial charge in [0.1, 0.15) is 11.5 Å². The van der Waals surface area contributed by atoms with E-state index in [-0.39, 0.29) is 0 Å². The molecule has 0 aliphatic carbocycles. The third-order valence-corrected chi connectivity index (χ3v) is 4.13. The molecule has 22 heavy (non-hydrogen) atoms. The topological polar surface area (TPSA) is 45.8 Å². The molecule has 1 aromatic carbocycles. The highest BCUT2D eigenvalue weighted by Gasteiger charge is 2.17. The number of anilines is 1. The maximum Gasteiger partial charge on any atom is 0.170 e. The van der Waals surface area contributed by atoms with Crippen molar-refractivity contribution in [2.45, 2.75) is 12.8 Å². The lowest BCUT2D eigenvalue weighted by Gasteiger charge is -2.30. The van der Waals surface area contributed by atoms with E-state index in [4.69, 9.17) is 21.7 Å². The van der Waals surface area contributed by atoms with Crippen LogP contribution in [-0.4, -0.2) is 50.9 Å². The summed E-state index contributed by atoms with van der Waals surface area (Å²) >= 11 is 5.38. The Morgan fingerprint density at radius 1 is 1.27 bits per heavy atom. The van der Waals surface area contributed by atoms with Gasteiger partial charge in [0.25, 0.3) is 0 Å². The third-order valence-electron chi connectivity index (χ3n) is 3.88. The third kappa shape index (κ3) is 5.03. The minimum absolute atomic E-state index is 0.628. The number of hydrogen-bond acceptors (Lipinski definition) is 4. The van der Waals surface area contributed by atoms with Crippen LogP contribution in [0.5, 0.6) is 11.5 Å². The minimum Gasteiger partial charge on any atom is -0.497 e. The number of likely N-dealkylation sites (tertiary alicyclic amines) is 1. The maximum atomic E-state index is 5.38. The summed E-state index contributed by atoms with van der Waals surface area (Å²) in [6.07, 6.45) is 2.52. The zero-order chi connectivity index (χ0) is 15.9. The second-order valence-corrected chi connectivity index (χ2v) is 6.12. The Balaban J connectivity index is 1.86. The summed E-state index contributed by atoms with van der Waals surface area (Å²) in [6.45, 7) is 3.22. The quantitative estimate of drug-likeness (QED) is 0.811. The van der Waals surface area contributed by atoms with E-state index in [1.165, 1.54) is 19.4 Å². The second kappa shape index (κ2) is 8.19. The number of thiocarbonyl (C=S) groups is 1. The zero-order valence-electron chi connectivity index (χ0n) is 13.5. The lowest BCUT2D eigenvalue weighted by Crippen LogP contribution is -2.40. The van der Waals surface area contributed by atoms with E-state index in [0.29, 0.717) is 11.0 Å². The van der Waals surface area contributed by atoms with Crippen molar-refractivity contribution in [2.75, 3.05) is 46.2 Å². The SMILES string of the molecule is COc1cc(NC(=S)NCC2CCCN(C)C2)cc(OC)c1. The van der Waals surface area contributed by atoms with E-state index in [1.54, 1.807) is 14.2 Å². The monoisotopic (exact) mass is 323 g/mol. The molecule has 0 amide bonds. The smallest absolute Gasteiger partial charge is 0.170 e. The van der Waals surface area contributed by atoms with Crippen molar-refractivity contribution in [2.24, 2.45) is 5.92 Å². The Morgan fingerprint density at radius 2 is 1.95 bits per heavy atom. The van der Waals surface area contributed by atoms with Gasteiger partial charge in [0, 0.05) is 37.0 Å². The Bertz CT molecular complexity index is 488. The number of hydrogen-bond donors (Lipinski definition) is 2. The highest BCUT2D eigenvalue weighted by Crippen LogP contribution is 2.25. The van der Waals surface area contributed by atoms with Crippen LogP contribution in [-0.2, 0) is 0 Å². The summed E-state index contributed by atoms with van der Waals surface area (Å²) in [4.78, 5) is 2.37. The normalized spacial score (nSPS) is 18.6. The molecule has 1 unspecified atom stereocenters. The summed E-state index contributed by atoms with van der Waals surface area (Å²) in [5.41, 5.74) is 0.856. The molecular weight excluding hydrogens is 298 g/mol. The number of nitrogens with one attached hydrogen (secondary N) is 2. The molecule has 1 saturated heterocycles. The first-order valence-electron chi connectivity index (χ1n) is 7.57. The Kier molecular flexibility index (Phi) is 6.27. The van der Waals surface area contributed by atoms with Crippen LogP contribution in [0.4, 0.5) is 5.69 Å². The molecule has 1 aliphatic heterocycles. The molecule has 2 rings (SSSR count). The van der Waals surface area contributed by atoms with Crippen LogP contribution >= 0.6 is 12.2 Å². The van der Waals surface area contributed by atoms with Crippen molar-refractivity contribution in [1.29, 1.82) is 0 Å². The molecule has 6 heteroatoms. The van der Waals surface area contributed by atoms with Gasteiger partial charge in [0.15, 0.2) is 5.11 Å². The molecular formula is C16H25N3O2S. The van der Waals surface area contributed by atoms with E-state index in [1.807, 2.05) is 18.2 Å². The molecule has 1 aromatic rings. The first-order valence-corrected chi connectivity index (χ1v) is 7.98. The van der Waals surface area contributed by atoms with Gasteiger partial charge in [-0.1, -0.05) is 0 Å². The van der Waals surface area contributed by atoms with Crippen LogP contribution in [0.1, 0.15) is 12.8 Å². The lowest BCUT2D eigenvalue weighted by atomic mass is 9.99. The van der Waals surface area contributed by atoms with Crippen molar-refractivity contribution in [1.82, 2.24) is 10.2 Å².